The summed E-state index contributed by atoms with van der Waals surface area (Å²) in [6.45, 7) is 2.19. The third-order valence-corrected chi connectivity index (χ3v) is 2.78. The van der Waals surface area contributed by atoms with Crippen molar-refractivity contribution in [2.75, 3.05) is 13.1 Å². The van der Waals surface area contributed by atoms with Gasteiger partial charge >= 0.3 is 5.97 Å². The minimum atomic E-state index is -0.987. The summed E-state index contributed by atoms with van der Waals surface area (Å²) in [5, 5.41) is 11.4. The molecule has 0 spiro atoms. The molecule has 0 saturated heterocycles. The third-order valence-electron chi connectivity index (χ3n) is 2.78. The van der Waals surface area contributed by atoms with E-state index in [2.05, 4.69) is 5.32 Å². The minimum Gasteiger partial charge on any atom is -0.480 e. The molecule has 0 atom stereocenters. The third kappa shape index (κ3) is 5.16. The lowest BCUT2D eigenvalue weighted by Crippen LogP contribution is -2.37. The number of hydrogen-bond acceptors (Lipinski definition) is 3. The lowest BCUT2D eigenvalue weighted by atomic mass is 10.2. The number of amides is 2. The van der Waals surface area contributed by atoms with Gasteiger partial charge in [0.05, 0.1) is 0 Å². The number of nitrogens with zero attached hydrogens (tertiary/aromatic N) is 1. The molecule has 1 aliphatic carbocycles. The van der Waals surface area contributed by atoms with Crippen molar-refractivity contribution in [3.05, 3.63) is 0 Å². The SMILES string of the molecule is CCNC(=O)CCCC(=O)N(CC(=O)O)C1CC1. The molecular weight excluding hydrogens is 236 g/mol. The Hall–Kier alpha value is -1.59. The van der Waals surface area contributed by atoms with Gasteiger partial charge in [-0.15, -0.1) is 0 Å². The molecule has 0 unspecified atom stereocenters. The minimum absolute atomic E-state index is 0.0680. The van der Waals surface area contributed by atoms with E-state index in [1.807, 2.05) is 6.92 Å². The predicted octanol–water partition coefficient (Wildman–Crippen LogP) is 0.368. The maximum absolute atomic E-state index is 11.8. The zero-order valence-electron chi connectivity index (χ0n) is 10.6. The molecule has 0 aromatic carbocycles. The van der Waals surface area contributed by atoms with Gasteiger partial charge in [0.15, 0.2) is 0 Å². The molecule has 1 fully saturated rings. The van der Waals surface area contributed by atoms with Crippen molar-refractivity contribution >= 4 is 17.8 Å². The molecule has 2 amide bonds. The van der Waals surface area contributed by atoms with Crippen LogP contribution >= 0.6 is 0 Å². The summed E-state index contributed by atoms with van der Waals surface area (Å²) in [6.07, 6.45) is 2.78. The summed E-state index contributed by atoms with van der Waals surface area (Å²) in [6, 6.07) is 0.0954. The van der Waals surface area contributed by atoms with Crippen molar-refractivity contribution in [1.82, 2.24) is 10.2 Å². The molecule has 1 rings (SSSR count). The Balaban J connectivity index is 2.28. The zero-order chi connectivity index (χ0) is 13.5. The molecule has 0 bridgehead atoms. The molecule has 1 saturated carbocycles. The highest BCUT2D eigenvalue weighted by molar-refractivity contribution is 5.82. The molecule has 0 aromatic heterocycles. The summed E-state index contributed by atoms with van der Waals surface area (Å²) >= 11 is 0. The maximum atomic E-state index is 11.8. The number of carboxylic acids is 1. The molecule has 0 radical (unpaired) electrons. The van der Waals surface area contributed by atoms with Crippen molar-refractivity contribution in [3.8, 4) is 0 Å². The van der Waals surface area contributed by atoms with Crippen LogP contribution in [0, 0.1) is 0 Å². The molecular formula is C12H20N2O4. The summed E-state index contributed by atoms with van der Waals surface area (Å²) in [7, 11) is 0. The summed E-state index contributed by atoms with van der Waals surface area (Å²) < 4.78 is 0. The highest BCUT2D eigenvalue weighted by atomic mass is 16.4. The molecule has 18 heavy (non-hydrogen) atoms. The van der Waals surface area contributed by atoms with E-state index in [1.54, 1.807) is 0 Å². The lowest BCUT2D eigenvalue weighted by molar-refractivity contribution is -0.145. The van der Waals surface area contributed by atoms with Gasteiger partial charge in [-0.2, -0.15) is 0 Å². The molecule has 6 nitrogen and oxygen atoms in total. The Labute approximate surface area is 106 Å². The van der Waals surface area contributed by atoms with Crippen molar-refractivity contribution in [2.24, 2.45) is 0 Å². The van der Waals surface area contributed by atoms with E-state index in [-0.39, 0.29) is 30.8 Å². The maximum Gasteiger partial charge on any atom is 0.323 e. The van der Waals surface area contributed by atoms with Gasteiger partial charge in [0.1, 0.15) is 6.54 Å². The van der Waals surface area contributed by atoms with Crippen molar-refractivity contribution < 1.29 is 19.5 Å². The van der Waals surface area contributed by atoms with Gasteiger partial charge in [0.2, 0.25) is 11.8 Å². The second-order valence-electron chi connectivity index (χ2n) is 4.45. The van der Waals surface area contributed by atoms with Gasteiger partial charge in [-0.3, -0.25) is 14.4 Å². The van der Waals surface area contributed by atoms with E-state index in [9.17, 15) is 14.4 Å². The predicted molar refractivity (Wildman–Crippen MR) is 64.9 cm³/mol. The molecule has 0 heterocycles. The molecule has 6 heteroatoms. The number of carboxylic acid groups (broad SMARTS) is 1. The van der Waals surface area contributed by atoms with E-state index in [0.717, 1.165) is 12.8 Å². The number of carbonyl (C=O) groups is 3. The van der Waals surface area contributed by atoms with Crippen LogP contribution in [0.4, 0.5) is 0 Å². The van der Waals surface area contributed by atoms with E-state index < -0.39 is 5.97 Å². The van der Waals surface area contributed by atoms with Crippen LogP contribution < -0.4 is 5.32 Å². The highest BCUT2D eigenvalue weighted by Crippen LogP contribution is 2.27. The average molecular weight is 256 g/mol. The Kier molecular flexibility index (Phi) is 5.61. The number of aliphatic carboxylic acids is 1. The fourth-order valence-electron chi connectivity index (χ4n) is 1.78. The second-order valence-corrected chi connectivity index (χ2v) is 4.45. The van der Waals surface area contributed by atoms with E-state index in [0.29, 0.717) is 19.4 Å². The van der Waals surface area contributed by atoms with Gasteiger partial charge in [-0.25, -0.2) is 0 Å². The van der Waals surface area contributed by atoms with E-state index in [1.165, 1.54) is 4.90 Å². The number of carbonyl (C=O) groups excluding carboxylic acids is 2. The molecule has 2 N–H and O–H groups in total. The summed E-state index contributed by atoms with van der Waals surface area (Å²) in [5.41, 5.74) is 0. The Morgan fingerprint density at radius 1 is 1.28 bits per heavy atom. The molecule has 1 aliphatic rings. The fraction of sp³-hybridized carbons (Fsp3) is 0.750. The van der Waals surface area contributed by atoms with Crippen LogP contribution in [0.25, 0.3) is 0 Å². The molecule has 0 aliphatic heterocycles. The number of hydrogen-bond donors (Lipinski definition) is 2. The molecule has 102 valence electrons. The first-order valence-corrected chi connectivity index (χ1v) is 6.32. The molecule has 0 aromatic rings. The topological polar surface area (TPSA) is 86.7 Å². The van der Waals surface area contributed by atoms with Crippen molar-refractivity contribution in [3.63, 3.8) is 0 Å². The quantitative estimate of drug-likeness (QED) is 0.657. The van der Waals surface area contributed by atoms with E-state index >= 15 is 0 Å². The van der Waals surface area contributed by atoms with Crippen LogP contribution in [0.15, 0.2) is 0 Å². The van der Waals surface area contributed by atoms with E-state index in [4.69, 9.17) is 5.11 Å². The van der Waals surface area contributed by atoms with Crippen LogP contribution in [0.1, 0.15) is 39.0 Å². The van der Waals surface area contributed by atoms with Gasteiger partial charge in [0, 0.05) is 25.4 Å². The first-order valence-electron chi connectivity index (χ1n) is 6.32. The smallest absolute Gasteiger partial charge is 0.323 e. The standard InChI is InChI=1S/C12H20N2O4/c1-2-13-10(15)4-3-5-11(16)14(8-12(17)18)9-6-7-9/h9H,2-8H2,1H3,(H,13,15)(H,17,18). The Morgan fingerprint density at radius 2 is 1.94 bits per heavy atom. The first-order chi connectivity index (χ1) is 8.54. The Bertz CT molecular complexity index is 326. The monoisotopic (exact) mass is 256 g/mol. The van der Waals surface area contributed by atoms with Crippen molar-refractivity contribution in [2.45, 2.75) is 45.1 Å². The number of nitrogens with one attached hydrogen (secondary N) is 1. The normalized spacial score (nSPS) is 14.1. The van der Waals surface area contributed by atoms with Crippen LogP contribution in [0.5, 0.6) is 0 Å². The first kappa shape index (κ1) is 14.5. The zero-order valence-corrected chi connectivity index (χ0v) is 10.6. The van der Waals surface area contributed by atoms with Gasteiger partial charge < -0.3 is 15.3 Å². The van der Waals surface area contributed by atoms with Gasteiger partial charge in [-0.05, 0) is 26.2 Å². The number of rotatable bonds is 8. The average Bonchev–Trinajstić information content (AvgIpc) is 3.09. The fourth-order valence-corrected chi connectivity index (χ4v) is 1.78. The van der Waals surface area contributed by atoms with Crippen LogP contribution in [0.2, 0.25) is 0 Å². The summed E-state index contributed by atoms with van der Waals surface area (Å²) in [5.74, 6) is -1.22. The van der Waals surface area contributed by atoms with Crippen LogP contribution in [-0.2, 0) is 14.4 Å². The van der Waals surface area contributed by atoms with Crippen molar-refractivity contribution in [1.29, 1.82) is 0 Å². The largest absolute Gasteiger partial charge is 0.480 e. The second kappa shape index (κ2) is 6.98. The Morgan fingerprint density at radius 3 is 2.44 bits per heavy atom. The summed E-state index contributed by atoms with van der Waals surface area (Å²) in [4.78, 5) is 35.1. The lowest BCUT2D eigenvalue weighted by Gasteiger charge is -2.20. The van der Waals surface area contributed by atoms with Gasteiger partial charge in [0.25, 0.3) is 0 Å². The van der Waals surface area contributed by atoms with Crippen LogP contribution in [-0.4, -0.2) is 46.9 Å². The highest BCUT2D eigenvalue weighted by Gasteiger charge is 2.33. The van der Waals surface area contributed by atoms with Crippen LogP contribution in [0.3, 0.4) is 0 Å². The van der Waals surface area contributed by atoms with Gasteiger partial charge in [-0.1, -0.05) is 0 Å².